The maximum atomic E-state index is 11.4. The summed E-state index contributed by atoms with van der Waals surface area (Å²) in [6.45, 7) is 0. The predicted octanol–water partition coefficient (Wildman–Crippen LogP) is 5.06. The molecule has 0 saturated heterocycles. The maximum absolute atomic E-state index is 11.4. The van der Waals surface area contributed by atoms with Crippen molar-refractivity contribution in [2.24, 2.45) is 0 Å². The molecule has 4 aromatic rings. The molecular formula is C22H17N3O4. The van der Waals surface area contributed by atoms with Crippen molar-refractivity contribution in [3.63, 3.8) is 0 Å². The van der Waals surface area contributed by atoms with Gasteiger partial charge in [-0.25, -0.2) is 4.98 Å². The van der Waals surface area contributed by atoms with Gasteiger partial charge in [0.2, 0.25) is 0 Å². The SMILES string of the molecule is COc1ccc(O/C(=C\c2ccccc2[N+](=O)[O-])c2nc3ccccc3[nH]2)cc1. The molecule has 1 aromatic heterocycles. The molecule has 7 nitrogen and oxygen atoms in total. The summed E-state index contributed by atoms with van der Waals surface area (Å²) in [6, 6.07) is 21.1. The van der Waals surface area contributed by atoms with Gasteiger partial charge in [-0.05, 0) is 48.5 Å². The van der Waals surface area contributed by atoms with Crippen molar-refractivity contribution in [2.45, 2.75) is 0 Å². The van der Waals surface area contributed by atoms with Crippen LogP contribution in [-0.4, -0.2) is 22.0 Å². The summed E-state index contributed by atoms with van der Waals surface area (Å²) >= 11 is 0. The zero-order valence-electron chi connectivity index (χ0n) is 15.5. The molecule has 144 valence electrons. The molecule has 0 spiro atoms. The molecule has 0 amide bonds. The minimum Gasteiger partial charge on any atom is -0.497 e. The third-order valence-electron chi connectivity index (χ3n) is 4.33. The van der Waals surface area contributed by atoms with E-state index in [4.69, 9.17) is 9.47 Å². The molecule has 1 heterocycles. The van der Waals surface area contributed by atoms with Crippen LogP contribution in [0.1, 0.15) is 11.4 Å². The predicted molar refractivity (Wildman–Crippen MR) is 111 cm³/mol. The van der Waals surface area contributed by atoms with Crippen LogP contribution < -0.4 is 9.47 Å². The van der Waals surface area contributed by atoms with E-state index >= 15 is 0 Å². The van der Waals surface area contributed by atoms with Crippen LogP contribution in [0.5, 0.6) is 11.5 Å². The van der Waals surface area contributed by atoms with Crippen molar-refractivity contribution in [1.29, 1.82) is 0 Å². The van der Waals surface area contributed by atoms with Crippen molar-refractivity contribution in [3.05, 3.63) is 94.3 Å². The number of rotatable bonds is 6. The Morgan fingerprint density at radius 3 is 2.41 bits per heavy atom. The molecule has 0 aliphatic rings. The zero-order chi connectivity index (χ0) is 20.2. The van der Waals surface area contributed by atoms with Crippen molar-refractivity contribution >= 4 is 28.6 Å². The molecule has 0 radical (unpaired) electrons. The summed E-state index contributed by atoms with van der Waals surface area (Å²) < 4.78 is 11.2. The van der Waals surface area contributed by atoms with Gasteiger partial charge >= 0.3 is 0 Å². The number of fused-ring (bicyclic) bond motifs is 1. The number of aromatic nitrogens is 2. The number of hydrogen-bond donors (Lipinski definition) is 1. The van der Waals surface area contributed by atoms with E-state index in [1.54, 1.807) is 55.7 Å². The molecule has 3 aromatic carbocycles. The Morgan fingerprint density at radius 1 is 1.00 bits per heavy atom. The summed E-state index contributed by atoms with van der Waals surface area (Å²) in [5, 5.41) is 11.4. The number of aromatic amines is 1. The standard InChI is InChI=1S/C22H17N3O4/c1-28-16-10-12-17(13-11-16)29-21(14-15-6-2-5-9-20(15)25(26)27)22-23-18-7-3-4-8-19(18)24-22/h2-14H,1H3,(H,23,24)/b21-14-. The summed E-state index contributed by atoms with van der Waals surface area (Å²) in [7, 11) is 1.59. The van der Waals surface area contributed by atoms with Crippen LogP contribution in [0.25, 0.3) is 22.9 Å². The highest BCUT2D eigenvalue weighted by molar-refractivity contribution is 5.84. The highest BCUT2D eigenvalue weighted by Gasteiger charge is 2.16. The molecule has 0 aliphatic carbocycles. The van der Waals surface area contributed by atoms with E-state index in [9.17, 15) is 10.1 Å². The van der Waals surface area contributed by atoms with E-state index in [0.29, 0.717) is 28.6 Å². The van der Waals surface area contributed by atoms with Gasteiger partial charge in [0.05, 0.1) is 28.6 Å². The van der Waals surface area contributed by atoms with Crippen LogP contribution >= 0.6 is 0 Å². The van der Waals surface area contributed by atoms with E-state index < -0.39 is 4.92 Å². The number of nitrogens with one attached hydrogen (secondary N) is 1. The molecule has 0 bridgehead atoms. The molecule has 0 fully saturated rings. The molecule has 7 heteroatoms. The first kappa shape index (κ1) is 18.2. The quantitative estimate of drug-likeness (QED) is 0.284. The van der Waals surface area contributed by atoms with Crippen LogP contribution in [-0.2, 0) is 0 Å². The van der Waals surface area contributed by atoms with Crippen molar-refractivity contribution < 1.29 is 14.4 Å². The minimum atomic E-state index is -0.421. The van der Waals surface area contributed by atoms with Gasteiger partial charge in [-0.15, -0.1) is 0 Å². The Bertz CT molecular complexity index is 1160. The number of nitrogens with zero attached hydrogens (tertiary/aromatic N) is 2. The number of imidazole rings is 1. The third-order valence-corrected chi connectivity index (χ3v) is 4.33. The second-order valence-corrected chi connectivity index (χ2v) is 6.20. The summed E-state index contributed by atoms with van der Waals surface area (Å²) in [5.74, 6) is 2.09. The first-order chi connectivity index (χ1) is 14.1. The average molecular weight is 387 g/mol. The van der Waals surface area contributed by atoms with Gasteiger partial charge < -0.3 is 14.5 Å². The first-order valence-corrected chi connectivity index (χ1v) is 8.86. The van der Waals surface area contributed by atoms with E-state index in [1.807, 2.05) is 24.3 Å². The molecule has 0 atom stereocenters. The van der Waals surface area contributed by atoms with Gasteiger partial charge in [-0.1, -0.05) is 24.3 Å². The first-order valence-electron chi connectivity index (χ1n) is 8.86. The highest BCUT2D eigenvalue weighted by atomic mass is 16.6. The topological polar surface area (TPSA) is 90.3 Å². The summed E-state index contributed by atoms with van der Waals surface area (Å²) in [4.78, 5) is 18.8. The van der Waals surface area contributed by atoms with Gasteiger partial charge in [0, 0.05) is 6.07 Å². The van der Waals surface area contributed by atoms with Crippen LogP contribution in [0, 0.1) is 10.1 Å². The van der Waals surface area contributed by atoms with E-state index in [-0.39, 0.29) is 5.69 Å². The van der Waals surface area contributed by atoms with Crippen molar-refractivity contribution in [2.75, 3.05) is 7.11 Å². The minimum absolute atomic E-state index is 0.0144. The van der Waals surface area contributed by atoms with Crippen LogP contribution in [0.3, 0.4) is 0 Å². The molecule has 1 N–H and O–H groups in total. The number of para-hydroxylation sites is 3. The monoisotopic (exact) mass is 387 g/mol. The smallest absolute Gasteiger partial charge is 0.276 e. The van der Waals surface area contributed by atoms with Crippen LogP contribution in [0.2, 0.25) is 0 Å². The van der Waals surface area contributed by atoms with Gasteiger partial charge in [-0.3, -0.25) is 10.1 Å². The normalized spacial score (nSPS) is 11.4. The number of nitro benzene ring substituents is 1. The molecule has 29 heavy (non-hydrogen) atoms. The molecule has 0 saturated carbocycles. The summed E-state index contributed by atoms with van der Waals surface area (Å²) in [6.07, 6.45) is 1.61. The lowest BCUT2D eigenvalue weighted by molar-refractivity contribution is -0.385. The van der Waals surface area contributed by atoms with E-state index in [1.165, 1.54) is 6.07 Å². The Balaban J connectivity index is 1.81. The fraction of sp³-hybridized carbons (Fsp3) is 0.0455. The number of benzene rings is 3. The fourth-order valence-electron chi connectivity index (χ4n) is 2.90. The Morgan fingerprint density at radius 2 is 1.69 bits per heavy atom. The molecule has 0 unspecified atom stereocenters. The Labute approximate surface area is 166 Å². The fourth-order valence-corrected chi connectivity index (χ4v) is 2.90. The number of nitro groups is 1. The largest absolute Gasteiger partial charge is 0.497 e. The lowest BCUT2D eigenvalue weighted by atomic mass is 10.1. The number of methoxy groups -OCH3 is 1. The van der Waals surface area contributed by atoms with Crippen LogP contribution in [0.4, 0.5) is 5.69 Å². The van der Waals surface area contributed by atoms with E-state index in [0.717, 1.165) is 11.0 Å². The lowest BCUT2D eigenvalue weighted by Crippen LogP contribution is -1.99. The van der Waals surface area contributed by atoms with Gasteiger partial charge in [-0.2, -0.15) is 0 Å². The van der Waals surface area contributed by atoms with E-state index in [2.05, 4.69) is 9.97 Å². The zero-order valence-corrected chi connectivity index (χ0v) is 15.5. The molecule has 4 rings (SSSR count). The second kappa shape index (κ2) is 7.85. The third kappa shape index (κ3) is 3.93. The average Bonchev–Trinajstić information content (AvgIpc) is 3.18. The highest BCUT2D eigenvalue weighted by Crippen LogP contribution is 2.28. The van der Waals surface area contributed by atoms with Gasteiger partial charge in [0.1, 0.15) is 11.5 Å². The molecular weight excluding hydrogens is 370 g/mol. The van der Waals surface area contributed by atoms with Crippen molar-refractivity contribution in [1.82, 2.24) is 9.97 Å². The Kier molecular flexibility index (Phi) is 4.94. The van der Waals surface area contributed by atoms with Gasteiger partial charge in [0.15, 0.2) is 11.6 Å². The lowest BCUT2D eigenvalue weighted by Gasteiger charge is -2.09. The maximum Gasteiger partial charge on any atom is 0.276 e. The second-order valence-electron chi connectivity index (χ2n) is 6.20. The number of H-pyrrole nitrogens is 1. The van der Waals surface area contributed by atoms with Crippen molar-refractivity contribution in [3.8, 4) is 11.5 Å². The number of hydrogen-bond acceptors (Lipinski definition) is 5. The van der Waals surface area contributed by atoms with Gasteiger partial charge in [0.25, 0.3) is 5.69 Å². The summed E-state index contributed by atoms with van der Waals surface area (Å²) in [5.41, 5.74) is 2.02. The Hall–Kier alpha value is -4.13. The molecule has 0 aliphatic heterocycles. The van der Waals surface area contributed by atoms with Crippen LogP contribution in [0.15, 0.2) is 72.8 Å². The number of ether oxygens (including phenoxy) is 2.